The van der Waals surface area contributed by atoms with Gasteiger partial charge in [-0.15, -0.1) is 11.3 Å². The van der Waals surface area contributed by atoms with Crippen LogP contribution in [0, 0.1) is 12.8 Å². The molecule has 1 aliphatic heterocycles. The molecule has 0 radical (unpaired) electrons. The average molecular weight is 470 g/mol. The number of benzene rings is 1. The number of carbonyl (C=O) groups is 1. The van der Waals surface area contributed by atoms with Crippen LogP contribution >= 0.6 is 11.3 Å². The highest BCUT2D eigenvalue weighted by Gasteiger charge is 2.54. The van der Waals surface area contributed by atoms with Crippen molar-refractivity contribution in [3.05, 3.63) is 30.0 Å². The van der Waals surface area contributed by atoms with Gasteiger partial charge in [0.1, 0.15) is 16.9 Å². The van der Waals surface area contributed by atoms with E-state index in [1.807, 2.05) is 45.0 Å². The first-order valence-electron chi connectivity index (χ1n) is 11.0. The molecule has 1 aromatic carbocycles. The van der Waals surface area contributed by atoms with Gasteiger partial charge in [0.2, 0.25) is 5.95 Å². The summed E-state index contributed by atoms with van der Waals surface area (Å²) in [6.07, 6.45) is 0.282. The van der Waals surface area contributed by atoms with E-state index >= 15 is 0 Å². The Morgan fingerprint density at radius 2 is 2.00 bits per heavy atom. The first-order chi connectivity index (χ1) is 15.7. The molecular weight excluding hydrogens is 442 g/mol. The lowest BCUT2D eigenvalue weighted by atomic mass is 10.1. The Bertz CT molecular complexity index is 1180. The summed E-state index contributed by atoms with van der Waals surface area (Å²) in [5.41, 5.74) is 8.52. The fourth-order valence-electron chi connectivity index (χ4n) is 4.73. The van der Waals surface area contributed by atoms with Crippen LogP contribution in [-0.2, 0) is 19.0 Å². The van der Waals surface area contributed by atoms with E-state index < -0.39 is 5.79 Å². The van der Waals surface area contributed by atoms with Crippen molar-refractivity contribution in [3.8, 4) is 10.6 Å². The number of aromatic nitrogens is 3. The number of fused-ring (bicyclic) bond motifs is 2. The van der Waals surface area contributed by atoms with Crippen molar-refractivity contribution in [2.75, 3.05) is 17.7 Å². The summed E-state index contributed by atoms with van der Waals surface area (Å²) in [7, 11) is 0. The van der Waals surface area contributed by atoms with Crippen LogP contribution in [-0.4, -0.2) is 51.6 Å². The summed E-state index contributed by atoms with van der Waals surface area (Å²) in [6.45, 7) is 7.39. The van der Waals surface area contributed by atoms with Gasteiger partial charge in [0.15, 0.2) is 5.79 Å². The number of rotatable bonds is 5. The van der Waals surface area contributed by atoms with Crippen molar-refractivity contribution in [3.63, 3.8) is 0 Å². The molecule has 174 valence electrons. The van der Waals surface area contributed by atoms with Crippen LogP contribution in [0.3, 0.4) is 0 Å². The van der Waals surface area contributed by atoms with Crippen LogP contribution in [0.2, 0.25) is 0 Å². The molecule has 1 saturated carbocycles. The maximum absolute atomic E-state index is 11.4. The second kappa shape index (κ2) is 8.19. The molecule has 3 N–H and O–H groups in total. The Labute approximate surface area is 195 Å². The summed E-state index contributed by atoms with van der Waals surface area (Å²) in [6, 6.07) is 7.89. The normalized spacial score (nSPS) is 25.8. The minimum atomic E-state index is -0.722. The second-order valence-corrected chi connectivity index (χ2v) is 10.0. The van der Waals surface area contributed by atoms with Gasteiger partial charge in [0.05, 0.1) is 40.2 Å². The van der Waals surface area contributed by atoms with E-state index in [-0.39, 0.29) is 42.7 Å². The predicted octanol–water partition coefficient (Wildman–Crippen LogP) is 3.53. The average Bonchev–Trinajstić information content (AvgIpc) is 3.37. The first kappa shape index (κ1) is 22.0. The van der Waals surface area contributed by atoms with E-state index in [1.54, 1.807) is 11.3 Å². The van der Waals surface area contributed by atoms with E-state index in [9.17, 15) is 4.79 Å². The van der Waals surface area contributed by atoms with Crippen LogP contribution < -0.4 is 11.1 Å². The number of hydrogen-bond acceptors (Lipinski definition) is 10. The van der Waals surface area contributed by atoms with Crippen LogP contribution in [0.1, 0.15) is 32.9 Å². The number of anilines is 2. The standard InChI is InChI=1S/C23H27N5O4S/c1-11-17(21-27-14-7-5-6-8-16(14)33-21)20(28-22(24)25-11)26-15-9-13(10-30-12(2)29)18-19(15)32-23(3,4)31-18/h5-8,13,15,18-19H,9-10H2,1-4H3,(H3,24,25,26,28)/t13-,15-,18-,19+/m1/s1. The van der Waals surface area contributed by atoms with Gasteiger partial charge >= 0.3 is 5.97 Å². The third-order valence-corrected chi connectivity index (χ3v) is 7.07. The molecule has 2 aliphatic rings. The largest absolute Gasteiger partial charge is 0.465 e. The summed E-state index contributed by atoms with van der Waals surface area (Å²) in [4.78, 5) is 25.1. The molecule has 4 atom stereocenters. The molecule has 1 aliphatic carbocycles. The smallest absolute Gasteiger partial charge is 0.302 e. The molecule has 0 amide bonds. The predicted molar refractivity (Wildman–Crippen MR) is 126 cm³/mol. The van der Waals surface area contributed by atoms with Gasteiger partial charge in [-0.2, -0.15) is 4.98 Å². The highest BCUT2D eigenvalue weighted by atomic mass is 32.1. The van der Waals surface area contributed by atoms with E-state index in [4.69, 9.17) is 24.9 Å². The maximum Gasteiger partial charge on any atom is 0.302 e. The van der Waals surface area contributed by atoms with Gasteiger partial charge in [0.25, 0.3) is 0 Å². The van der Waals surface area contributed by atoms with Crippen molar-refractivity contribution < 1.29 is 19.0 Å². The molecule has 0 spiro atoms. The zero-order chi connectivity index (χ0) is 23.3. The lowest BCUT2D eigenvalue weighted by Gasteiger charge is -2.25. The number of carbonyl (C=O) groups excluding carboxylic acids is 1. The fourth-order valence-corrected chi connectivity index (χ4v) is 5.79. The third kappa shape index (κ3) is 4.25. The zero-order valence-electron chi connectivity index (χ0n) is 19.0. The van der Waals surface area contributed by atoms with Gasteiger partial charge < -0.3 is 25.3 Å². The van der Waals surface area contributed by atoms with Gasteiger partial charge in [-0.05, 0) is 39.3 Å². The van der Waals surface area contributed by atoms with Gasteiger partial charge in [-0.25, -0.2) is 9.97 Å². The number of nitrogens with one attached hydrogen (secondary N) is 1. The highest BCUT2D eigenvalue weighted by molar-refractivity contribution is 7.21. The number of nitrogens with two attached hydrogens (primary N) is 1. The number of para-hydroxylation sites is 1. The minimum absolute atomic E-state index is 0.00403. The fraction of sp³-hybridized carbons (Fsp3) is 0.478. The summed E-state index contributed by atoms with van der Waals surface area (Å²) >= 11 is 1.59. The minimum Gasteiger partial charge on any atom is -0.465 e. The Morgan fingerprint density at radius 3 is 2.76 bits per heavy atom. The Kier molecular flexibility index (Phi) is 5.46. The molecule has 3 aromatic rings. The van der Waals surface area contributed by atoms with Crippen molar-refractivity contribution in [2.45, 2.75) is 58.2 Å². The zero-order valence-corrected chi connectivity index (χ0v) is 19.8. The Hall–Kier alpha value is -2.82. The van der Waals surface area contributed by atoms with E-state index in [0.29, 0.717) is 12.2 Å². The van der Waals surface area contributed by atoms with Crippen LogP contribution in [0.15, 0.2) is 24.3 Å². The number of ether oxygens (including phenoxy) is 3. The van der Waals surface area contributed by atoms with E-state index in [2.05, 4.69) is 15.3 Å². The molecule has 5 rings (SSSR count). The van der Waals surface area contributed by atoms with Gasteiger partial charge in [-0.3, -0.25) is 4.79 Å². The third-order valence-electron chi connectivity index (χ3n) is 6.02. The number of aryl methyl sites for hydroxylation is 1. The van der Waals surface area contributed by atoms with Crippen molar-refractivity contribution in [1.29, 1.82) is 0 Å². The monoisotopic (exact) mass is 469 g/mol. The van der Waals surface area contributed by atoms with Crippen LogP contribution in [0.4, 0.5) is 11.8 Å². The van der Waals surface area contributed by atoms with Gasteiger partial charge in [-0.1, -0.05) is 12.1 Å². The van der Waals surface area contributed by atoms with E-state index in [0.717, 1.165) is 26.5 Å². The second-order valence-electron chi connectivity index (χ2n) is 8.99. The van der Waals surface area contributed by atoms with E-state index in [1.165, 1.54) is 6.92 Å². The maximum atomic E-state index is 11.4. The number of esters is 1. The highest BCUT2D eigenvalue weighted by Crippen LogP contribution is 2.44. The number of nitrogens with zero attached hydrogens (tertiary/aromatic N) is 3. The number of nitrogen functional groups attached to an aromatic ring is 1. The lowest BCUT2D eigenvalue weighted by Crippen LogP contribution is -2.35. The van der Waals surface area contributed by atoms with Crippen LogP contribution in [0.5, 0.6) is 0 Å². The molecule has 2 aromatic heterocycles. The summed E-state index contributed by atoms with van der Waals surface area (Å²) in [5.74, 6) is -0.220. The van der Waals surface area contributed by atoms with Crippen molar-refractivity contribution in [2.24, 2.45) is 5.92 Å². The topological polar surface area (TPSA) is 121 Å². The number of hydrogen-bond donors (Lipinski definition) is 2. The molecule has 3 heterocycles. The summed E-state index contributed by atoms with van der Waals surface area (Å²) < 4.78 is 18.8. The quantitative estimate of drug-likeness (QED) is 0.540. The number of thiazole rings is 1. The molecule has 33 heavy (non-hydrogen) atoms. The lowest BCUT2D eigenvalue weighted by molar-refractivity contribution is -0.161. The summed E-state index contributed by atoms with van der Waals surface area (Å²) in [5, 5.41) is 4.38. The van der Waals surface area contributed by atoms with Gasteiger partial charge in [0, 0.05) is 12.8 Å². The first-order valence-corrected chi connectivity index (χ1v) is 11.8. The SMILES string of the molecule is CC(=O)OC[C@H]1C[C@@H](Nc2nc(N)nc(C)c2-c2nc3ccccc3s2)[C@@H]2OC(C)(C)O[C@H]12. The van der Waals surface area contributed by atoms with Crippen molar-refractivity contribution >= 4 is 39.3 Å². The molecule has 0 unspecified atom stereocenters. The Morgan fingerprint density at radius 1 is 1.24 bits per heavy atom. The molecule has 10 heteroatoms. The molecular formula is C23H27N5O4S. The molecule has 2 fully saturated rings. The molecule has 0 bridgehead atoms. The van der Waals surface area contributed by atoms with Crippen LogP contribution in [0.25, 0.3) is 20.8 Å². The molecule has 1 saturated heterocycles. The van der Waals surface area contributed by atoms with Crippen molar-refractivity contribution in [1.82, 2.24) is 15.0 Å². The molecule has 9 nitrogen and oxygen atoms in total. The Balaban J connectivity index is 1.49.